The van der Waals surface area contributed by atoms with E-state index in [1.807, 2.05) is 13.0 Å². The number of piperidine rings is 1. The second kappa shape index (κ2) is 11.2. The van der Waals surface area contributed by atoms with Gasteiger partial charge in [-0.25, -0.2) is 18.7 Å². The molecule has 3 aliphatic heterocycles. The molecule has 2 aromatic carbocycles. The van der Waals surface area contributed by atoms with Crippen LogP contribution in [0.2, 0.25) is 0 Å². The van der Waals surface area contributed by atoms with Crippen molar-refractivity contribution in [2.45, 2.75) is 57.9 Å². The van der Waals surface area contributed by atoms with Crippen molar-refractivity contribution in [1.29, 1.82) is 0 Å². The quantitative estimate of drug-likeness (QED) is 0.281. The predicted molar refractivity (Wildman–Crippen MR) is 160 cm³/mol. The third-order valence-corrected chi connectivity index (χ3v) is 9.10. The Hall–Kier alpha value is -3.72. The molecular weight excluding hydrogens is 538 g/mol. The van der Waals surface area contributed by atoms with Crippen LogP contribution in [0.4, 0.5) is 14.5 Å². The molecule has 9 heteroatoms. The molecule has 7 nitrogen and oxygen atoms in total. The standard InChI is InChI=1S/C33H36F2N4O3/c1-2-23-25(34)8-7-20-14-22(40)15-24(28(20)23)31-30(35)32-29-26(16-27(37-32)41-17-19-9-11-36-12-10-19)39-13-5-3-4-6-21(39)18-42-33(29)38-31/h7-8,14-16,19,21,36,40H,2-6,9-13,17-18H2,1H3. The van der Waals surface area contributed by atoms with E-state index in [1.165, 1.54) is 12.1 Å². The monoisotopic (exact) mass is 574 g/mol. The number of phenolic OH excluding ortho intramolecular Hbond substituents is 1. The van der Waals surface area contributed by atoms with E-state index in [0.29, 0.717) is 64.6 Å². The second-order valence-electron chi connectivity index (χ2n) is 11.8. The Bertz CT molecular complexity index is 1660. The highest BCUT2D eigenvalue weighted by Crippen LogP contribution is 2.45. The van der Waals surface area contributed by atoms with Gasteiger partial charge < -0.3 is 24.8 Å². The number of benzene rings is 2. The number of pyridine rings is 2. The van der Waals surface area contributed by atoms with Crippen LogP contribution in [0.3, 0.4) is 0 Å². The molecule has 0 bridgehead atoms. The highest BCUT2D eigenvalue weighted by atomic mass is 19.1. The number of nitrogens with zero attached hydrogens (tertiary/aromatic N) is 3. The molecule has 7 rings (SSSR count). The van der Waals surface area contributed by atoms with Crippen LogP contribution in [0.1, 0.15) is 51.0 Å². The summed E-state index contributed by atoms with van der Waals surface area (Å²) in [5.41, 5.74) is 1.67. The zero-order valence-corrected chi connectivity index (χ0v) is 23.9. The third kappa shape index (κ3) is 4.77. The normalized spacial score (nSPS) is 19.3. The summed E-state index contributed by atoms with van der Waals surface area (Å²) in [6.45, 7) is 5.55. The van der Waals surface area contributed by atoms with Gasteiger partial charge in [-0.15, -0.1) is 0 Å². The predicted octanol–water partition coefficient (Wildman–Crippen LogP) is 6.52. The maximum Gasteiger partial charge on any atom is 0.225 e. The van der Waals surface area contributed by atoms with Gasteiger partial charge >= 0.3 is 0 Å². The fourth-order valence-electron chi connectivity index (χ4n) is 6.91. The Morgan fingerprint density at radius 2 is 1.90 bits per heavy atom. The molecule has 1 unspecified atom stereocenters. The average Bonchev–Trinajstić information content (AvgIpc) is 3.32. The molecule has 2 fully saturated rings. The van der Waals surface area contributed by atoms with Crippen LogP contribution in [0.5, 0.6) is 17.5 Å². The van der Waals surface area contributed by atoms with Crippen molar-refractivity contribution >= 4 is 27.4 Å². The van der Waals surface area contributed by atoms with Gasteiger partial charge in [-0.2, -0.15) is 0 Å². The zero-order chi connectivity index (χ0) is 28.8. The minimum atomic E-state index is -0.641. The number of phenols is 1. The third-order valence-electron chi connectivity index (χ3n) is 9.10. The van der Waals surface area contributed by atoms with Gasteiger partial charge in [0.2, 0.25) is 11.8 Å². The first-order valence-corrected chi connectivity index (χ1v) is 15.2. The van der Waals surface area contributed by atoms with Crippen LogP contribution in [-0.2, 0) is 6.42 Å². The maximum atomic E-state index is 16.8. The smallest absolute Gasteiger partial charge is 0.225 e. The summed E-state index contributed by atoms with van der Waals surface area (Å²) in [6.07, 6.45) is 6.69. The van der Waals surface area contributed by atoms with Crippen molar-refractivity contribution in [2.75, 3.05) is 37.7 Å². The molecule has 0 radical (unpaired) electrons. The topological polar surface area (TPSA) is 79.7 Å². The molecule has 1 atom stereocenters. The van der Waals surface area contributed by atoms with Crippen LogP contribution in [0.25, 0.3) is 32.9 Å². The van der Waals surface area contributed by atoms with E-state index in [0.717, 1.165) is 63.8 Å². The number of aryl methyl sites for hydroxylation is 1. The summed E-state index contributed by atoms with van der Waals surface area (Å²) >= 11 is 0. The van der Waals surface area contributed by atoms with E-state index in [4.69, 9.17) is 19.4 Å². The van der Waals surface area contributed by atoms with E-state index in [1.54, 1.807) is 12.1 Å². The van der Waals surface area contributed by atoms with Crippen LogP contribution in [0, 0.1) is 17.6 Å². The van der Waals surface area contributed by atoms with E-state index in [9.17, 15) is 9.50 Å². The largest absolute Gasteiger partial charge is 0.508 e. The average molecular weight is 575 g/mol. The van der Waals surface area contributed by atoms with Gasteiger partial charge in [0, 0.05) is 18.2 Å². The molecule has 3 aliphatic rings. The molecule has 5 heterocycles. The number of aromatic hydroxyl groups is 1. The van der Waals surface area contributed by atoms with Crippen LogP contribution < -0.4 is 19.7 Å². The van der Waals surface area contributed by atoms with Crippen molar-refractivity contribution in [3.8, 4) is 28.8 Å². The number of halogens is 2. The Kier molecular flexibility index (Phi) is 7.22. The molecule has 0 aliphatic carbocycles. The Balaban J connectivity index is 1.45. The Morgan fingerprint density at radius 1 is 1.05 bits per heavy atom. The van der Waals surface area contributed by atoms with Gasteiger partial charge in [0.25, 0.3) is 0 Å². The van der Waals surface area contributed by atoms with Gasteiger partial charge in [-0.1, -0.05) is 25.8 Å². The molecule has 0 spiro atoms. The van der Waals surface area contributed by atoms with Crippen molar-refractivity contribution in [3.63, 3.8) is 0 Å². The fourth-order valence-corrected chi connectivity index (χ4v) is 6.91. The molecule has 0 saturated carbocycles. The highest BCUT2D eigenvalue weighted by molar-refractivity contribution is 6.04. The van der Waals surface area contributed by atoms with Crippen LogP contribution >= 0.6 is 0 Å². The molecule has 42 heavy (non-hydrogen) atoms. The SMILES string of the molecule is CCc1c(F)ccc2cc(O)cc(-c3nc4c5c(cc(OCC6CCNCC6)nc5c3F)N3CCCCCC3CO4)c12. The summed E-state index contributed by atoms with van der Waals surface area (Å²) in [5, 5.41) is 15.7. The summed E-state index contributed by atoms with van der Waals surface area (Å²) in [6, 6.07) is 8.04. The minimum absolute atomic E-state index is 0.0234. The second-order valence-corrected chi connectivity index (χ2v) is 11.8. The molecule has 2 aromatic heterocycles. The molecule has 4 aromatic rings. The number of hydrogen-bond acceptors (Lipinski definition) is 7. The number of anilines is 1. The van der Waals surface area contributed by atoms with E-state index in [-0.39, 0.29) is 28.8 Å². The van der Waals surface area contributed by atoms with Crippen molar-refractivity contribution in [3.05, 3.63) is 47.5 Å². The first-order chi connectivity index (χ1) is 20.5. The zero-order valence-electron chi connectivity index (χ0n) is 23.9. The molecule has 2 saturated heterocycles. The first-order valence-electron chi connectivity index (χ1n) is 15.2. The number of fused-ring (bicyclic) bond motifs is 3. The number of ether oxygens (including phenoxy) is 2. The minimum Gasteiger partial charge on any atom is -0.508 e. The Labute approximate surface area is 243 Å². The lowest BCUT2D eigenvalue weighted by Crippen LogP contribution is -2.38. The summed E-state index contributed by atoms with van der Waals surface area (Å²) in [7, 11) is 0. The highest BCUT2D eigenvalue weighted by Gasteiger charge is 2.32. The maximum absolute atomic E-state index is 16.8. The van der Waals surface area contributed by atoms with Gasteiger partial charge in [-0.05, 0) is 85.6 Å². The van der Waals surface area contributed by atoms with E-state index in [2.05, 4.69) is 10.2 Å². The van der Waals surface area contributed by atoms with Crippen LogP contribution in [0.15, 0.2) is 30.3 Å². The fraction of sp³-hybridized carbons (Fsp3) is 0.455. The molecule has 220 valence electrons. The lowest BCUT2D eigenvalue weighted by Gasteiger charge is -2.30. The van der Waals surface area contributed by atoms with Crippen molar-refractivity contribution in [2.24, 2.45) is 5.92 Å². The molecule has 2 N–H and O–H groups in total. The summed E-state index contributed by atoms with van der Waals surface area (Å²) < 4.78 is 44.4. The number of hydrogen-bond donors (Lipinski definition) is 2. The van der Waals surface area contributed by atoms with Crippen molar-refractivity contribution < 1.29 is 23.4 Å². The Morgan fingerprint density at radius 3 is 2.74 bits per heavy atom. The van der Waals surface area contributed by atoms with E-state index < -0.39 is 5.82 Å². The first kappa shape index (κ1) is 27.1. The molecular formula is C33H36F2N4O3. The lowest BCUT2D eigenvalue weighted by molar-refractivity contribution is 0.209. The van der Waals surface area contributed by atoms with Gasteiger partial charge in [0.1, 0.15) is 29.4 Å². The van der Waals surface area contributed by atoms with E-state index >= 15 is 4.39 Å². The van der Waals surface area contributed by atoms with Crippen molar-refractivity contribution in [1.82, 2.24) is 15.3 Å². The number of rotatable bonds is 5. The lowest BCUT2D eigenvalue weighted by atomic mass is 9.94. The van der Waals surface area contributed by atoms with Gasteiger partial charge in [0.05, 0.1) is 23.7 Å². The van der Waals surface area contributed by atoms with Gasteiger partial charge in [0.15, 0.2) is 5.82 Å². The van der Waals surface area contributed by atoms with Crippen LogP contribution in [-0.4, -0.2) is 54.0 Å². The summed E-state index contributed by atoms with van der Waals surface area (Å²) in [4.78, 5) is 11.8. The molecule has 0 amide bonds. The van der Waals surface area contributed by atoms with Gasteiger partial charge in [-0.3, -0.25) is 0 Å². The number of nitrogens with one attached hydrogen (secondary N) is 1. The number of aromatic nitrogens is 2. The summed E-state index contributed by atoms with van der Waals surface area (Å²) in [5.74, 6) is 0.00981.